The standard InChI is InChI=1S/C11H15N5S/c1-11(3-2-4-17-11)5-12-9-8-10(14-6-13-8)16-7-15-9/h6-7H,2-5H2,1H3,(H2,12,13,14,15,16). The predicted molar refractivity (Wildman–Crippen MR) is 70.3 cm³/mol. The highest BCUT2D eigenvalue weighted by atomic mass is 32.2. The third kappa shape index (κ3) is 2.09. The molecule has 0 spiro atoms. The quantitative estimate of drug-likeness (QED) is 0.871. The fourth-order valence-electron chi connectivity index (χ4n) is 2.15. The van der Waals surface area contributed by atoms with E-state index in [0.29, 0.717) is 10.4 Å². The minimum Gasteiger partial charge on any atom is -0.367 e. The molecular formula is C11H15N5S. The van der Waals surface area contributed by atoms with Crippen molar-refractivity contribution in [2.45, 2.75) is 24.5 Å². The number of hydrogen-bond acceptors (Lipinski definition) is 5. The normalized spacial score (nSPS) is 24.3. The molecule has 1 aliphatic heterocycles. The van der Waals surface area contributed by atoms with Crippen molar-refractivity contribution < 1.29 is 0 Å². The molecule has 90 valence electrons. The molecule has 0 aromatic carbocycles. The van der Waals surface area contributed by atoms with Crippen LogP contribution in [0, 0.1) is 0 Å². The molecule has 1 fully saturated rings. The molecule has 1 unspecified atom stereocenters. The number of rotatable bonds is 3. The first-order valence-electron chi connectivity index (χ1n) is 5.79. The Hall–Kier alpha value is -1.30. The van der Waals surface area contributed by atoms with Gasteiger partial charge in [-0.1, -0.05) is 0 Å². The summed E-state index contributed by atoms with van der Waals surface area (Å²) in [5, 5.41) is 3.41. The third-order valence-corrected chi connectivity index (χ3v) is 4.69. The summed E-state index contributed by atoms with van der Waals surface area (Å²) < 4.78 is 0.331. The van der Waals surface area contributed by atoms with Crippen molar-refractivity contribution in [2.75, 3.05) is 17.6 Å². The number of H-pyrrole nitrogens is 1. The molecule has 0 saturated carbocycles. The van der Waals surface area contributed by atoms with E-state index in [0.717, 1.165) is 17.9 Å². The molecule has 0 aliphatic carbocycles. The van der Waals surface area contributed by atoms with Gasteiger partial charge in [0.2, 0.25) is 0 Å². The summed E-state index contributed by atoms with van der Waals surface area (Å²) in [5.41, 5.74) is 1.60. The first-order valence-corrected chi connectivity index (χ1v) is 6.77. The number of aromatic nitrogens is 4. The lowest BCUT2D eigenvalue weighted by Crippen LogP contribution is -2.27. The van der Waals surface area contributed by atoms with E-state index in [9.17, 15) is 0 Å². The average molecular weight is 249 g/mol. The van der Waals surface area contributed by atoms with Gasteiger partial charge in [-0.05, 0) is 25.5 Å². The molecule has 17 heavy (non-hydrogen) atoms. The van der Waals surface area contributed by atoms with Crippen LogP contribution in [0.15, 0.2) is 12.7 Å². The Morgan fingerprint density at radius 3 is 3.24 bits per heavy atom. The van der Waals surface area contributed by atoms with E-state index < -0.39 is 0 Å². The number of thioether (sulfide) groups is 1. The second kappa shape index (κ2) is 4.18. The number of nitrogens with zero attached hydrogens (tertiary/aromatic N) is 3. The van der Waals surface area contributed by atoms with Crippen molar-refractivity contribution in [3.63, 3.8) is 0 Å². The highest BCUT2D eigenvalue weighted by Gasteiger charge is 2.29. The number of anilines is 1. The van der Waals surface area contributed by atoms with E-state index in [1.165, 1.54) is 18.6 Å². The second-order valence-electron chi connectivity index (χ2n) is 4.58. The van der Waals surface area contributed by atoms with E-state index in [1.54, 1.807) is 12.7 Å². The van der Waals surface area contributed by atoms with E-state index in [4.69, 9.17) is 0 Å². The fraction of sp³-hybridized carbons (Fsp3) is 0.545. The Bertz CT molecular complexity index is 517. The number of aromatic amines is 1. The van der Waals surface area contributed by atoms with Crippen molar-refractivity contribution in [2.24, 2.45) is 0 Å². The molecule has 2 aromatic rings. The topological polar surface area (TPSA) is 66.5 Å². The van der Waals surface area contributed by atoms with Gasteiger partial charge in [-0.2, -0.15) is 11.8 Å². The minimum absolute atomic E-state index is 0.331. The van der Waals surface area contributed by atoms with E-state index >= 15 is 0 Å². The Morgan fingerprint density at radius 2 is 2.41 bits per heavy atom. The number of fused-ring (bicyclic) bond motifs is 1. The highest BCUT2D eigenvalue weighted by molar-refractivity contribution is 8.00. The van der Waals surface area contributed by atoms with Crippen LogP contribution in [0.4, 0.5) is 5.82 Å². The molecule has 1 saturated heterocycles. The zero-order valence-electron chi connectivity index (χ0n) is 9.73. The fourth-order valence-corrected chi connectivity index (χ4v) is 3.39. The SMILES string of the molecule is CC1(CNc2ncnc3nc[nH]c23)CCCS1. The van der Waals surface area contributed by atoms with Crippen LogP contribution in [0.1, 0.15) is 19.8 Å². The third-order valence-electron chi connectivity index (χ3n) is 3.15. The molecular weight excluding hydrogens is 234 g/mol. The molecule has 1 atom stereocenters. The summed E-state index contributed by atoms with van der Waals surface area (Å²) in [5.74, 6) is 2.11. The Kier molecular flexibility index (Phi) is 2.66. The molecule has 1 aliphatic rings. The van der Waals surface area contributed by atoms with Crippen LogP contribution >= 0.6 is 11.8 Å². The molecule has 0 radical (unpaired) electrons. The lowest BCUT2D eigenvalue weighted by atomic mass is 10.1. The molecule has 5 nitrogen and oxygen atoms in total. The molecule has 6 heteroatoms. The lowest BCUT2D eigenvalue weighted by molar-refractivity contribution is 0.634. The maximum Gasteiger partial charge on any atom is 0.182 e. The first-order chi connectivity index (χ1) is 8.27. The van der Waals surface area contributed by atoms with Crippen molar-refractivity contribution in [1.29, 1.82) is 0 Å². The zero-order valence-corrected chi connectivity index (χ0v) is 10.5. The lowest BCUT2D eigenvalue weighted by Gasteiger charge is -2.23. The Labute approximate surface area is 104 Å². The van der Waals surface area contributed by atoms with E-state index in [2.05, 4.69) is 32.2 Å². The summed E-state index contributed by atoms with van der Waals surface area (Å²) in [6.07, 6.45) is 5.78. The molecule has 0 bridgehead atoms. The van der Waals surface area contributed by atoms with Crippen LogP contribution in [0.5, 0.6) is 0 Å². The second-order valence-corrected chi connectivity index (χ2v) is 6.26. The van der Waals surface area contributed by atoms with Crippen molar-refractivity contribution >= 4 is 28.7 Å². The van der Waals surface area contributed by atoms with Gasteiger partial charge in [0.1, 0.15) is 11.8 Å². The van der Waals surface area contributed by atoms with E-state index in [1.807, 2.05) is 11.8 Å². The van der Waals surface area contributed by atoms with Gasteiger partial charge in [-0.15, -0.1) is 0 Å². The van der Waals surface area contributed by atoms with Gasteiger partial charge < -0.3 is 10.3 Å². The summed E-state index contributed by atoms with van der Waals surface area (Å²) in [6.45, 7) is 3.24. The van der Waals surface area contributed by atoms with Crippen molar-refractivity contribution in [3.8, 4) is 0 Å². The van der Waals surface area contributed by atoms with E-state index in [-0.39, 0.29) is 0 Å². The maximum atomic E-state index is 4.27. The molecule has 3 heterocycles. The molecule has 2 N–H and O–H groups in total. The van der Waals surface area contributed by atoms with Crippen LogP contribution in [-0.4, -0.2) is 37.0 Å². The molecule has 3 rings (SSSR count). The zero-order chi connectivity index (χ0) is 11.7. The minimum atomic E-state index is 0.331. The smallest absolute Gasteiger partial charge is 0.182 e. The summed E-state index contributed by atoms with van der Waals surface area (Å²) in [7, 11) is 0. The Balaban J connectivity index is 1.78. The molecule has 0 amide bonds. The van der Waals surface area contributed by atoms with Crippen LogP contribution in [0.3, 0.4) is 0 Å². The highest BCUT2D eigenvalue weighted by Crippen LogP contribution is 2.37. The van der Waals surface area contributed by atoms with Crippen LogP contribution in [0.25, 0.3) is 11.2 Å². The van der Waals surface area contributed by atoms with Crippen LogP contribution in [-0.2, 0) is 0 Å². The van der Waals surface area contributed by atoms with Crippen LogP contribution in [0.2, 0.25) is 0 Å². The largest absolute Gasteiger partial charge is 0.367 e. The van der Waals surface area contributed by atoms with Gasteiger partial charge >= 0.3 is 0 Å². The summed E-state index contributed by atoms with van der Waals surface area (Å²) in [6, 6.07) is 0. The number of hydrogen-bond donors (Lipinski definition) is 2. The van der Waals surface area contributed by atoms with Gasteiger partial charge in [0, 0.05) is 11.3 Å². The monoisotopic (exact) mass is 249 g/mol. The maximum absolute atomic E-state index is 4.27. The predicted octanol–water partition coefficient (Wildman–Crippen LogP) is 2.05. The van der Waals surface area contributed by atoms with Crippen LogP contribution < -0.4 is 5.32 Å². The average Bonchev–Trinajstić information content (AvgIpc) is 2.95. The van der Waals surface area contributed by atoms with Gasteiger partial charge in [-0.25, -0.2) is 15.0 Å². The summed E-state index contributed by atoms with van der Waals surface area (Å²) >= 11 is 2.04. The van der Waals surface area contributed by atoms with Gasteiger partial charge in [-0.3, -0.25) is 0 Å². The van der Waals surface area contributed by atoms with Gasteiger partial charge in [0.25, 0.3) is 0 Å². The van der Waals surface area contributed by atoms with Gasteiger partial charge in [0.15, 0.2) is 11.5 Å². The first kappa shape index (κ1) is 10.8. The Morgan fingerprint density at radius 1 is 1.47 bits per heavy atom. The number of imidazole rings is 1. The summed E-state index contributed by atoms with van der Waals surface area (Å²) in [4.78, 5) is 15.6. The van der Waals surface area contributed by atoms with Crippen molar-refractivity contribution in [1.82, 2.24) is 19.9 Å². The van der Waals surface area contributed by atoms with Gasteiger partial charge in [0.05, 0.1) is 6.33 Å². The number of nitrogens with one attached hydrogen (secondary N) is 2. The molecule has 2 aromatic heterocycles. The van der Waals surface area contributed by atoms with Crippen molar-refractivity contribution in [3.05, 3.63) is 12.7 Å².